The number of carbonyl (C=O) groups is 2. The summed E-state index contributed by atoms with van der Waals surface area (Å²) in [5, 5.41) is 0. The van der Waals surface area contributed by atoms with Gasteiger partial charge in [0.05, 0.1) is 12.8 Å². The Hall–Kier alpha value is -3.10. The smallest absolute Gasteiger partial charge is 0.406 e. The van der Waals surface area contributed by atoms with Crippen LogP contribution in [0.1, 0.15) is 11.1 Å². The maximum Gasteiger partial charge on any atom is 0.573 e. The molecule has 3 rings (SSSR count). The number of ether oxygens (including phenoxy) is 1. The van der Waals surface area contributed by atoms with Crippen molar-refractivity contribution < 1.29 is 31.9 Å². The van der Waals surface area contributed by atoms with Gasteiger partial charge in [-0.15, -0.1) is 13.2 Å². The number of rotatable bonds is 5. The molecule has 0 aliphatic carbocycles. The minimum Gasteiger partial charge on any atom is -0.406 e. The number of alkyl halides is 3. The van der Waals surface area contributed by atoms with Crippen molar-refractivity contribution in [3.05, 3.63) is 65.5 Å². The van der Waals surface area contributed by atoms with Gasteiger partial charge in [-0.05, 0) is 35.4 Å². The average Bonchev–Trinajstić information content (AvgIpc) is 2.70. The molecular formula is C21H20F4N2O3. The van der Waals surface area contributed by atoms with Crippen LogP contribution in [0.15, 0.2) is 48.5 Å². The molecule has 1 heterocycles. The van der Waals surface area contributed by atoms with Gasteiger partial charge in [-0.25, -0.2) is 4.39 Å². The first kappa shape index (κ1) is 21.6. The van der Waals surface area contributed by atoms with Crippen LogP contribution < -0.4 is 4.74 Å². The maximum absolute atomic E-state index is 13.0. The van der Waals surface area contributed by atoms with Crippen molar-refractivity contribution in [2.45, 2.75) is 19.2 Å². The van der Waals surface area contributed by atoms with E-state index in [1.165, 1.54) is 36.4 Å². The number of nitrogens with zero attached hydrogens (tertiary/aromatic N) is 2. The quantitative estimate of drug-likeness (QED) is 0.693. The largest absolute Gasteiger partial charge is 0.573 e. The lowest BCUT2D eigenvalue weighted by molar-refractivity contribution is -0.274. The maximum atomic E-state index is 13.0. The second-order valence-corrected chi connectivity index (χ2v) is 6.93. The molecule has 9 heteroatoms. The standard InChI is InChI=1S/C21H20F4N2O3/c22-17-5-1-15(2-6-17)13-19(28)26-9-11-27(12-10-26)20(29)14-16-3-7-18(8-4-16)30-21(23,24)25/h1-8H,9-14H2. The van der Waals surface area contributed by atoms with E-state index < -0.39 is 6.36 Å². The Bertz CT molecular complexity index is 875. The van der Waals surface area contributed by atoms with Crippen LogP contribution in [0.5, 0.6) is 5.75 Å². The summed E-state index contributed by atoms with van der Waals surface area (Å²) in [5.41, 5.74) is 1.29. The molecule has 0 spiro atoms. The molecule has 2 aromatic rings. The van der Waals surface area contributed by atoms with Crippen LogP contribution in [-0.2, 0) is 22.4 Å². The summed E-state index contributed by atoms with van der Waals surface area (Å²) in [6, 6.07) is 10.9. The normalized spacial score (nSPS) is 14.5. The van der Waals surface area contributed by atoms with Crippen LogP contribution in [0.2, 0.25) is 0 Å². The van der Waals surface area contributed by atoms with Crippen molar-refractivity contribution in [1.82, 2.24) is 9.80 Å². The van der Waals surface area contributed by atoms with Crippen molar-refractivity contribution in [1.29, 1.82) is 0 Å². The molecular weight excluding hydrogens is 404 g/mol. The van der Waals surface area contributed by atoms with Crippen LogP contribution in [0.25, 0.3) is 0 Å². The van der Waals surface area contributed by atoms with Gasteiger partial charge in [0.1, 0.15) is 11.6 Å². The van der Waals surface area contributed by atoms with Gasteiger partial charge in [-0.3, -0.25) is 9.59 Å². The third-order valence-corrected chi connectivity index (χ3v) is 4.77. The summed E-state index contributed by atoms with van der Waals surface area (Å²) in [5.74, 6) is -0.952. The molecule has 1 fully saturated rings. The monoisotopic (exact) mass is 424 g/mol. The van der Waals surface area contributed by atoms with E-state index in [9.17, 15) is 27.2 Å². The Labute approximate surface area is 170 Å². The Morgan fingerprint density at radius 2 is 1.17 bits per heavy atom. The van der Waals surface area contributed by atoms with Crippen molar-refractivity contribution >= 4 is 11.8 Å². The van der Waals surface area contributed by atoms with E-state index in [-0.39, 0.29) is 36.2 Å². The third kappa shape index (κ3) is 6.20. The lowest BCUT2D eigenvalue weighted by atomic mass is 10.1. The molecule has 0 radical (unpaired) electrons. The third-order valence-electron chi connectivity index (χ3n) is 4.77. The number of hydrogen-bond donors (Lipinski definition) is 0. The van der Waals surface area contributed by atoms with E-state index in [1.54, 1.807) is 21.9 Å². The molecule has 2 amide bonds. The molecule has 0 aromatic heterocycles. The Morgan fingerprint density at radius 3 is 1.57 bits per heavy atom. The van der Waals surface area contributed by atoms with Crippen LogP contribution >= 0.6 is 0 Å². The first-order valence-corrected chi connectivity index (χ1v) is 9.34. The summed E-state index contributed by atoms with van der Waals surface area (Å²) >= 11 is 0. The van der Waals surface area contributed by atoms with Gasteiger partial charge in [0.15, 0.2) is 0 Å². The summed E-state index contributed by atoms with van der Waals surface area (Å²) in [6.45, 7) is 1.54. The summed E-state index contributed by atoms with van der Waals surface area (Å²) in [7, 11) is 0. The molecule has 0 atom stereocenters. The van der Waals surface area contributed by atoms with Gasteiger partial charge >= 0.3 is 6.36 Å². The van der Waals surface area contributed by atoms with Gasteiger partial charge < -0.3 is 14.5 Å². The molecule has 1 aliphatic heterocycles. The second kappa shape index (κ2) is 9.15. The van der Waals surface area contributed by atoms with Crippen LogP contribution in [0.3, 0.4) is 0 Å². The predicted octanol–water partition coefficient (Wildman–Crippen LogP) is 3.18. The Balaban J connectivity index is 1.46. The zero-order chi connectivity index (χ0) is 21.7. The fourth-order valence-corrected chi connectivity index (χ4v) is 3.19. The van der Waals surface area contributed by atoms with E-state index in [4.69, 9.17) is 0 Å². The molecule has 2 aromatic carbocycles. The molecule has 0 N–H and O–H groups in total. The van der Waals surface area contributed by atoms with Crippen LogP contribution in [-0.4, -0.2) is 54.2 Å². The molecule has 160 valence electrons. The number of benzene rings is 2. The van der Waals surface area contributed by atoms with Crippen LogP contribution in [0.4, 0.5) is 17.6 Å². The van der Waals surface area contributed by atoms with Crippen molar-refractivity contribution in [3.8, 4) is 5.75 Å². The SMILES string of the molecule is O=C(Cc1ccc(F)cc1)N1CCN(C(=O)Cc2ccc(OC(F)(F)F)cc2)CC1. The van der Waals surface area contributed by atoms with Gasteiger partial charge in [0.25, 0.3) is 0 Å². The number of amides is 2. The van der Waals surface area contributed by atoms with E-state index >= 15 is 0 Å². The number of piperazine rings is 1. The highest BCUT2D eigenvalue weighted by molar-refractivity contribution is 5.81. The van der Waals surface area contributed by atoms with Gasteiger partial charge in [0.2, 0.25) is 11.8 Å². The van der Waals surface area contributed by atoms with Crippen molar-refractivity contribution in [3.63, 3.8) is 0 Å². The zero-order valence-corrected chi connectivity index (χ0v) is 16.0. The van der Waals surface area contributed by atoms with Gasteiger partial charge in [-0.2, -0.15) is 0 Å². The molecule has 1 aliphatic rings. The van der Waals surface area contributed by atoms with Gasteiger partial charge in [0, 0.05) is 26.2 Å². The predicted molar refractivity (Wildman–Crippen MR) is 100 cm³/mol. The van der Waals surface area contributed by atoms with E-state index in [0.717, 1.165) is 5.56 Å². The minimum atomic E-state index is -4.76. The topological polar surface area (TPSA) is 49.9 Å². The molecule has 0 saturated carbocycles. The lowest BCUT2D eigenvalue weighted by Gasteiger charge is -2.35. The molecule has 0 unspecified atom stereocenters. The van der Waals surface area contributed by atoms with E-state index in [1.807, 2.05) is 0 Å². The van der Waals surface area contributed by atoms with Gasteiger partial charge in [-0.1, -0.05) is 24.3 Å². The average molecular weight is 424 g/mol. The van der Waals surface area contributed by atoms with E-state index in [0.29, 0.717) is 31.7 Å². The van der Waals surface area contributed by atoms with E-state index in [2.05, 4.69) is 4.74 Å². The number of carbonyl (C=O) groups excluding carboxylic acids is 2. The minimum absolute atomic E-state index is 0.0514. The summed E-state index contributed by atoms with van der Waals surface area (Å²) < 4.78 is 53.3. The molecule has 5 nitrogen and oxygen atoms in total. The first-order chi connectivity index (χ1) is 14.2. The van der Waals surface area contributed by atoms with Crippen molar-refractivity contribution in [2.75, 3.05) is 26.2 Å². The summed E-state index contributed by atoms with van der Waals surface area (Å²) in [4.78, 5) is 28.1. The number of halogens is 4. The fourth-order valence-electron chi connectivity index (χ4n) is 3.19. The highest BCUT2D eigenvalue weighted by Gasteiger charge is 2.31. The molecule has 1 saturated heterocycles. The Morgan fingerprint density at radius 1 is 0.767 bits per heavy atom. The lowest BCUT2D eigenvalue weighted by Crippen LogP contribution is -2.51. The molecule has 0 bridgehead atoms. The number of hydrogen-bond acceptors (Lipinski definition) is 3. The highest BCUT2D eigenvalue weighted by Crippen LogP contribution is 2.23. The zero-order valence-electron chi connectivity index (χ0n) is 16.0. The fraction of sp³-hybridized carbons (Fsp3) is 0.333. The first-order valence-electron chi connectivity index (χ1n) is 9.34. The highest BCUT2D eigenvalue weighted by atomic mass is 19.4. The second-order valence-electron chi connectivity index (χ2n) is 6.93. The molecule has 30 heavy (non-hydrogen) atoms. The Kier molecular flexibility index (Phi) is 6.59. The van der Waals surface area contributed by atoms with Crippen molar-refractivity contribution in [2.24, 2.45) is 0 Å². The summed E-state index contributed by atoms with van der Waals surface area (Å²) in [6.07, 6.45) is -4.54. The van der Waals surface area contributed by atoms with Crippen LogP contribution in [0, 0.1) is 5.82 Å².